The van der Waals surface area contributed by atoms with Gasteiger partial charge in [-0.05, 0) is 12.5 Å². The number of nitrogens with zero attached hydrogens (tertiary/aromatic N) is 1. The first-order valence-electron chi connectivity index (χ1n) is 4.76. The van der Waals surface area contributed by atoms with E-state index in [1.165, 1.54) is 12.3 Å². The van der Waals surface area contributed by atoms with E-state index < -0.39 is 5.95 Å². The molecule has 1 unspecified atom stereocenters. The van der Waals surface area contributed by atoms with E-state index in [-0.39, 0.29) is 6.10 Å². The summed E-state index contributed by atoms with van der Waals surface area (Å²) in [5, 5.41) is 12.3. The summed E-state index contributed by atoms with van der Waals surface area (Å²) >= 11 is 0. The third kappa shape index (κ3) is 3.70. The van der Waals surface area contributed by atoms with E-state index in [9.17, 15) is 9.50 Å². The van der Waals surface area contributed by atoms with Crippen molar-refractivity contribution in [3.63, 3.8) is 0 Å². The molecule has 2 N–H and O–H groups in total. The van der Waals surface area contributed by atoms with E-state index >= 15 is 0 Å². The van der Waals surface area contributed by atoms with Gasteiger partial charge in [-0.25, -0.2) is 4.98 Å². The van der Waals surface area contributed by atoms with E-state index in [0.717, 1.165) is 12.8 Å². The highest BCUT2D eigenvalue weighted by molar-refractivity contribution is 5.41. The molecule has 78 valence electrons. The Morgan fingerprint density at radius 1 is 1.64 bits per heavy atom. The molecular weight excluding hydrogens is 183 g/mol. The highest BCUT2D eigenvalue weighted by atomic mass is 19.1. The fourth-order valence-electron chi connectivity index (χ4n) is 1.18. The number of aliphatic hydroxyl groups excluding tert-OH is 1. The van der Waals surface area contributed by atoms with Crippen LogP contribution >= 0.6 is 0 Å². The van der Waals surface area contributed by atoms with Crippen LogP contribution in [-0.2, 0) is 0 Å². The lowest BCUT2D eigenvalue weighted by molar-refractivity contribution is 0.176. The summed E-state index contributed by atoms with van der Waals surface area (Å²) in [6.45, 7) is 2.45. The van der Waals surface area contributed by atoms with E-state index in [0.29, 0.717) is 12.2 Å². The van der Waals surface area contributed by atoms with Crippen molar-refractivity contribution >= 4 is 5.69 Å². The average molecular weight is 198 g/mol. The van der Waals surface area contributed by atoms with E-state index in [1.54, 1.807) is 6.07 Å². The van der Waals surface area contributed by atoms with Gasteiger partial charge in [-0.15, -0.1) is 0 Å². The fraction of sp³-hybridized carbons (Fsp3) is 0.500. The van der Waals surface area contributed by atoms with Gasteiger partial charge in [-0.2, -0.15) is 4.39 Å². The minimum atomic E-state index is -0.514. The summed E-state index contributed by atoms with van der Waals surface area (Å²) in [5.74, 6) is -0.514. The first-order chi connectivity index (χ1) is 6.72. The van der Waals surface area contributed by atoms with Crippen LogP contribution in [0.4, 0.5) is 10.1 Å². The van der Waals surface area contributed by atoms with Crippen LogP contribution in [0, 0.1) is 5.95 Å². The maximum Gasteiger partial charge on any atom is 0.214 e. The van der Waals surface area contributed by atoms with Crippen LogP contribution in [0.25, 0.3) is 0 Å². The molecule has 0 saturated carbocycles. The molecule has 0 aliphatic heterocycles. The Bertz CT molecular complexity index is 281. The lowest BCUT2D eigenvalue weighted by atomic mass is 10.2. The molecule has 1 aromatic rings. The lowest BCUT2D eigenvalue weighted by Gasteiger charge is -2.11. The molecule has 0 bridgehead atoms. The molecule has 1 aromatic heterocycles. The second-order valence-electron chi connectivity index (χ2n) is 3.19. The van der Waals surface area contributed by atoms with Gasteiger partial charge in [0.2, 0.25) is 5.95 Å². The van der Waals surface area contributed by atoms with Crippen molar-refractivity contribution in [3.8, 4) is 0 Å². The molecule has 0 aromatic carbocycles. The minimum absolute atomic E-state index is 0.378. The average Bonchev–Trinajstić information content (AvgIpc) is 2.15. The third-order valence-corrected chi connectivity index (χ3v) is 1.89. The summed E-state index contributed by atoms with van der Waals surface area (Å²) in [5.41, 5.74) is 0.646. The van der Waals surface area contributed by atoms with Crippen molar-refractivity contribution in [1.82, 2.24) is 4.98 Å². The zero-order valence-electron chi connectivity index (χ0n) is 8.20. The van der Waals surface area contributed by atoms with Gasteiger partial charge < -0.3 is 10.4 Å². The highest BCUT2D eigenvalue weighted by Gasteiger charge is 2.02. The Labute approximate surface area is 83.0 Å². The van der Waals surface area contributed by atoms with Crippen LogP contribution in [0.5, 0.6) is 0 Å². The molecule has 0 amide bonds. The Morgan fingerprint density at radius 3 is 3.07 bits per heavy atom. The number of rotatable bonds is 5. The number of aromatic nitrogens is 1. The third-order valence-electron chi connectivity index (χ3n) is 1.89. The number of hydrogen-bond donors (Lipinski definition) is 2. The molecule has 0 fully saturated rings. The normalized spacial score (nSPS) is 12.5. The Kier molecular flexibility index (Phi) is 4.32. The Hall–Kier alpha value is -1.16. The van der Waals surface area contributed by atoms with Crippen LogP contribution in [0.3, 0.4) is 0 Å². The van der Waals surface area contributed by atoms with Crippen LogP contribution < -0.4 is 5.32 Å². The predicted octanol–water partition coefficient (Wildman–Crippen LogP) is 1.79. The van der Waals surface area contributed by atoms with Gasteiger partial charge in [0.1, 0.15) is 0 Å². The smallest absolute Gasteiger partial charge is 0.214 e. The SMILES string of the molecule is CCCC(O)CNc1ccnc(F)c1. The molecular formula is C10H15FN2O. The lowest BCUT2D eigenvalue weighted by Crippen LogP contribution is -2.19. The van der Waals surface area contributed by atoms with E-state index in [1.807, 2.05) is 6.92 Å². The van der Waals surface area contributed by atoms with Gasteiger partial charge in [0.15, 0.2) is 0 Å². The second-order valence-corrected chi connectivity index (χ2v) is 3.19. The number of nitrogens with one attached hydrogen (secondary N) is 1. The van der Waals surface area contributed by atoms with Gasteiger partial charge in [-0.1, -0.05) is 13.3 Å². The zero-order valence-corrected chi connectivity index (χ0v) is 8.20. The topological polar surface area (TPSA) is 45.1 Å². The van der Waals surface area contributed by atoms with Crippen LogP contribution in [0.15, 0.2) is 18.3 Å². The van der Waals surface area contributed by atoms with Crippen LogP contribution in [0.1, 0.15) is 19.8 Å². The first-order valence-corrected chi connectivity index (χ1v) is 4.76. The van der Waals surface area contributed by atoms with Crippen molar-refractivity contribution < 1.29 is 9.50 Å². The molecule has 0 aliphatic carbocycles. The maximum absolute atomic E-state index is 12.6. The maximum atomic E-state index is 12.6. The van der Waals surface area contributed by atoms with Crippen LogP contribution in [0.2, 0.25) is 0 Å². The monoisotopic (exact) mass is 198 g/mol. The van der Waals surface area contributed by atoms with Crippen molar-refractivity contribution in [1.29, 1.82) is 0 Å². The number of pyridine rings is 1. The van der Waals surface area contributed by atoms with E-state index in [2.05, 4.69) is 10.3 Å². The van der Waals surface area contributed by atoms with Crippen molar-refractivity contribution in [3.05, 3.63) is 24.3 Å². The summed E-state index contributed by atoms with van der Waals surface area (Å²) in [6.07, 6.45) is 2.70. The van der Waals surface area contributed by atoms with Gasteiger partial charge >= 0.3 is 0 Å². The molecule has 0 spiro atoms. The van der Waals surface area contributed by atoms with Crippen molar-refractivity contribution in [2.24, 2.45) is 0 Å². The number of halogens is 1. The van der Waals surface area contributed by atoms with Gasteiger partial charge in [0, 0.05) is 24.5 Å². The number of aliphatic hydroxyl groups is 1. The molecule has 1 heterocycles. The van der Waals surface area contributed by atoms with Gasteiger partial charge in [-0.3, -0.25) is 0 Å². The highest BCUT2D eigenvalue weighted by Crippen LogP contribution is 2.07. The summed E-state index contributed by atoms with van der Waals surface area (Å²) in [7, 11) is 0. The van der Waals surface area contributed by atoms with Crippen molar-refractivity contribution in [2.45, 2.75) is 25.9 Å². The minimum Gasteiger partial charge on any atom is -0.391 e. The molecule has 3 nitrogen and oxygen atoms in total. The Balaban J connectivity index is 2.37. The Morgan fingerprint density at radius 2 is 2.43 bits per heavy atom. The zero-order chi connectivity index (χ0) is 10.4. The fourth-order valence-corrected chi connectivity index (χ4v) is 1.18. The molecule has 0 saturated heterocycles. The second kappa shape index (κ2) is 5.54. The molecule has 4 heteroatoms. The molecule has 0 aliphatic rings. The summed E-state index contributed by atoms with van der Waals surface area (Å²) in [6, 6.07) is 2.97. The predicted molar refractivity (Wildman–Crippen MR) is 53.6 cm³/mol. The first kappa shape index (κ1) is 10.9. The number of anilines is 1. The summed E-state index contributed by atoms with van der Waals surface area (Å²) < 4.78 is 12.6. The van der Waals surface area contributed by atoms with Crippen LogP contribution in [-0.4, -0.2) is 22.7 Å². The van der Waals surface area contributed by atoms with Gasteiger partial charge in [0.05, 0.1) is 6.10 Å². The molecule has 0 radical (unpaired) electrons. The molecule has 1 rings (SSSR count). The summed E-state index contributed by atoms with van der Waals surface area (Å²) in [4.78, 5) is 3.43. The van der Waals surface area contributed by atoms with Crippen molar-refractivity contribution in [2.75, 3.05) is 11.9 Å². The number of hydrogen-bond acceptors (Lipinski definition) is 3. The van der Waals surface area contributed by atoms with Gasteiger partial charge in [0.25, 0.3) is 0 Å². The molecule has 14 heavy (non-hydrogen) atoms. The standard InChI is InChI=1S/C10H15FN2O/c1-2-3-9(14)7-13-8-4-5-12-10(11)6-8/h4-6,9,14H,2-3,7H2,1H3,(H,12,13). The quantitative estimate of drug-likeness (QED) is 0.709. The largest absolute Gasteiger partial charge is 0.391 e. The molecule has 1 atom stereocenters. The van der Waals surface area contributed by atoms with E-state index in [4.69, 9.17) is 0 Å².